The Labute approximate surface area is 300 Å². The van der Waals surface area contributed by atoms with E-state index in [1.54, 1.807) is 65.7 Å². The highest BCUT2D eigenvalue weighted by Gasteiger charge is 2.58. The number of pyridine rings is 1. The first-order chi connectivity index (χ1) is 24.1. The van der Waals surface area contributed by atoms with Crippen LogP contribution in [0.4, 0.5) is 10.2 Å². The molecule has 0 unspecified atom stereocenters. The Morgan fingerprint density at radius 3 is 2.36 bits per heavy atom. The first kappa shape index (κ1) is 34.6. The number of nitrogens with zero attached hydrogens (tertiary/aromatic N) is 2. The number of hydrogen-bond acceptors (Lipinski definition) is 6. The Balaban J connectivity index is 1.26. The Morgan fingerprint density at radius 2 is 1.70 bits per heavy atom. The van der Waals surface area contributed by atoms with Gasteiger partial charge in [-0.15, -0.1) is 0 Å². The largest absolute Gasteiger partial charge is 0.357 e. The Hall–Kier alpha value is -3.87. The molecule has 2 N–H and O–H groups in total. The summed E-state index contributed by atoms with van der Waals surface area (Å²) in [6.45, 7) is -0.103. The van der Waals surface area contributed by atoms with Crippen molar-refractivity contribution in [1.29, 1.82) is 0 Å². The quantitative estimate of drug-likeness (QED) is 0.163. The highest BCUT2D eigenvalue weighted by Crippen LogP contribution is 2.53. The van der Waals surface area contributed by atoms with Crippen LogP contribution >= 0.6 is 23.2 Å². The van der Waals surface area contributed by atoms with Gasteiger partial charge in [-0.25, -0.2) is 22.5 Å². The first-order valence-corrected chi connectivity index (χ1v) is 18.7. The Kier molecular flexibility index (Phi) is 9.71. The van der Waals surface area contributed by atoms with Crippen molar-refractivity contribution in [3.05, 3.63) is 130 Å². The number of benzene rings is 3. The van der Waals surface area contributed by atoms with Gasteiger partial charge in [-0.05, 0) is 85.2 Å². The molecule has 7 rings (SSSR count). The van der Waals surface area contributed by atoms with Crippen LogP contribution in [0.5, 0.6) is 0 Å². The van der Waals surface area contributed by atoms with Crippen LogP contribution < -0.4 is 10.0 Å². The molecular formula is C37H35Cl2FN4O5S. The van der Waals surface area contributed by atoms with Crippen LogP contribution in [0.1, 0.15) is 60.9 Å². The number of sulfonamides is 1. The van der Waals surface area contributed by atoms with Crippen LogP contribution in [0.15, 0.2) is 97.2 Å². The topological polar surface area (TPSA) is 118 Å². The van der Waals surface area contributed by atoms with E-state index in [4.69, 9.17) is 27.9 Å². The van der Waals surface area contributed by atoms with Gasteiger partial charge in [0, 0.05) is 34.4 Å². The SMILES string of the molecule is O=C(C[C@H]1O[C@H](c2cccc(Cl)c2)[C@@H](c2ccc(Cl)cc2)N([C@H](CNS(=O)(=O)C2(c3ccccc3F)CC2)C2CC2)C1=O)Nc1ccccn1. The fraction of sp³-hybridized carbons (Fsp3) is 0.324. The molecule has 2 heterocycles. The molecule has 0 spiro atoms. The van der Waals surface area contributed by atoms with E-state index in [9.17, 15) is 22.4 Å². The molecule has 0 radical (unpaired) electrons. The zero-order valence-corrected chi connectivity index (χ0v) is 29.2. The maximum Gasteiger partial charge on any atom is 0.253 e. The van der Waals surface area contributed by atoms with E-state index in [2.05, 4.69) is 15.0 Å². The summed E-state index contributed by atoms with van der Waals surface area (Å²) >= 11 is 12.7. The fourth-order valence-corrected chi connectivity index (χ4v) is 9.02. The number of anilines is 1. The molecule has 1 aliphatic heterocycles. The molecule has 2 amide bonds. The summed E-state index contributed by atoms with van der Waals surface area (Å²) in [6.07, 6.45) is 1.35. The van der Waals surface area contributed by atoms with Gasteiger partial charge in [0.1, 0.15) is 28.6 Å². The van der Waals surface area contributed by atoms with Crippen molar-refractivity contribution in [3.63, 3.8) is 0 Å². The average Bonchev–Trinajstić information content (AvgIpc) is 4.03. The highest BCUT2D eigenvalue weighted by atomic mass is 35.5. The summed E-state index contributed by atoms with van der Waals surface area (Å²) in [5.74, 6) is -1.19. The van der Waals surface area contributed by atoms with E-state index in [0.29, 0.717) is 27.0 Å². The van der Waals surface area contributed by atoms with Crippen LogP contribution in [-0.4, -0.2) is 48.8 Å². The van der Waals surface area contributed by atoms with E-state index in [1.807, 2.05) is 18.2 Å². The molecule has 2 saturated carbocycles. The summed E-state index contributed by atoms with van der Waals surface area (Å²) in [5, 5.41) is 3.69. The van der Waals surface area contributed by atoms with Crippen LogP contribution in [0.3, 0.4) is 0 Å². The van der Waals surface area contributed by atoms with Crippen molar-refractivity contribution in [2.24, 2.45) is 5.92 Å². The molecule has 260 valence electrons. The summed E-state index contributed by atoms with van der Waals surface area (Å²) in [5.41, 5.74) is 1.52. The Morgan fingerprint density at radius 1 is 0.960 bits per heavy atom. The number of aromatic nitrogens is 1. The number of carbonyl (C=O) groups is 2. The number of morpholine rings is 1. The van der Waals surface area contributed by atoms with Crippen LogP contribution in [0.2, 0.25) is 10.0 Å². The lowest BCUT2D eigenvalue weighted by Gasteiger charge is -2.48. The van der Waals surface area contributed by atoms with Crippen molar-refractivity contribution in [3.8, 4) is 0 Å². The summed E-state index contributed by atoms with van der Waals surface area (Å²) in [7, 11) is -4.07. The first-order valence-electron chi connectivity index (χ1n) is 16.5. The second kappa shape index (κ2) is 14.0. The summed E-state index contributed by atoms with van der Waals surface area (Å²) in [6, 6.07) is 23.9. The predicted molar refractivity (Wildman–Crippen MR) is 188 cm³/mol. The number of ether oxygens (including phenoxy) is 1. The minimum atomic E-state index is -4.07. The zero-order valence-electron chi connectivity index (χ0n) is 26.8. The van der Waals surface area contributed by atoms with Crippen molar-refractivity contribution < 1.29 is 27.1 Å². The zero-order chi connectivity index (χ0) is 35.0. The molecular weight excluding hydrogens is 702 g/mol. The van der Waals surface area contributed by atoms with Crippen molar-refractivity contribution in [2.75, 3.05) is 11.9 Å². The van der Waals surface area contributed by atoms with Crippen molar-refractivity contribution >= 4 is 50.9 Å². The van der Waals surface area contributed by atoms with Gasteiger partial charge in [-0.2, -0.15) is 0 Å². The molecule has 2 aliphatic carbocycles. The lowest BCUT2D eigenvalue weighted by atomic mass is 9.89. The highest BCUT2D eigenvalue weighted by molar-refractivity contribution is 7.90. The van der Waals surface area contributed by atoms with Gasteiger partial charge in [-0.1, -0.05) is 71.7 Å². The van der Waals surface area contributed by atoms with Crippen LogP contribution in [0.25, 0.3) is 0 Å². The molecule has 3 aliphatic rings. The van der Waals surface area contributed by atoms with Gasteiger partial charge in [0.05, 0.1) is 12.5 Å². The van der Waals surface area contributed by atoms with E-state index in [0.717, 1.165) is 12.8 Å². The molecule has 3 aromatic carbocycles. The average molecular weight is 738 g/mol. The van der Waals surface area contributed by atoms with Crippen molar-refractivity contribution in [2.45, 2.75) is 61.1 Å². The molecule has 13 heteroatoms. The molecule has 4 atom stereocenters. The normalized spacial score (nSPS) is 22.2. The summed E-state index contributed by atoms with van der Waals surface area (Å²) in [4.78, 5) is 33.9. The van der Waals surface area contributed by atoms with Gasteiger partial charge in [0.25, 0.3) is 5.91 Å². The van der Waals surface area contributed by atoms with Gasteiger partial charge >= 0.3 is 0 Å². The van der Waals surface area contributed by atoms with E-state index in [1.165, 1.54) is 18.2 Å². The van der Waals surface area contributed by atoms with Gasteiger partial charge in [0.15, 0.2) is 0 Å². The lowest BCUT2D eigenvalue weighted by molar-refractivity contribution is -0.181. The third-order valence-corrected chi connectivity index (χ3v) is 12.4. The molecule has 0 bridgehead atoms. The van der Waals surface area contributed by atoms with Gasteiger partial charge in [-0.3, -0.25) is 9.59 Å². The number of rotatable bonds is 12. The number of hydrogen-bond donors (Lipinski definition) is 2. The molecule has 50 heavy (non-hydrogen) atoms. The minimum Gasteiger partial charge on any atom is -0.357 e. The molecule has 1 saturated heterocycles. The number of carbonyl (C=O) groups excluding carboxylic acids is 2. The third-order valence-electron chi connectivity index (χ3n) is 9.71. The monoisotopic (exact) mass is 736 g/mol. The number of amides is 2. The standard InChI is InChI=1S/C37H35Cl2FN4O5S/c38-26-15-13-24(14-16-26)34-35(25-6-5-7-27(39)20-25)49-31(21-33(45)43-32-10-3-4-19-41-32)36(46)44(34)30(23-11-12-23)22-42-50(47,48)37(17-18-37)28-8-1-2-9-29(28)40/h1-10,13-16,19-20,23,30-31,34-35,42H,11-12,17-18,21-22H2,(H,41,43,45)/t30-,31-,34-,35-/m1/s1. The summed E-state index contributed by atoms with van der Waals surface area (Å²) < 4.78 is 50.8. The van der Waals surface area contributed by atoms with Crippen LogP contribution in [-0.2, 0) is 29.1 Å². The molecule has 3 fully saturated rings. The number of halogens is 3. The maximum absolute atomic E-state index is 14.9. The second-order valence-corrected chi connectivity index (χ2v) is 16.0. The van der Waals surface area contributed by atoms with E-state index >= 15 is 0 Å². The maximum atomic E-state index is 14.9. The third kappa shape index (κ3) is 7.02. The molecule has 9 nitrogen and oxygen atoms in total. The lowest BCUT2D eigenvalue weighted by Crippen LogP contribution is -2.58. The molecule has 1 aromatic heterocycles. The Bertz CT molecular complexity index is 1990. The van der Waals surface area contributed by atoms with Crippen LogP contribution in [0, 0.1) is 11.7 Å². The number of nitrogens with one attached hydrogen (secondary N) is 2. The molecule has 4 aromatic rings. The van der Waals surface area contributed by atoms with Crippen molar-refractivity contribution in [1.82, 2.24) is 14.6 Å². The second-order valence-electron chi connectivity index (χ2n) is 13.0. The smallest absolute Gasteiger partial charge is 0.253 e. The van der Waals surface area contributed by atoms with E-state index < -0.39 is 56.7 Å². The van der Waals surface area contributed by atoms with Gasteiger partial charge < -0.3 is 15.0 Å². The minimum absolute atomic E-state index is 0.0267. The van der Waals surface area contributed by atoms with Gasteiger partial charge in [0.2, 0.25) is 15.9 Å². The fourth-order valence-electron chi connectivity index (χ4n) is 6.94. The van der Waals surface area contributed by atoms with E-state index in [-0.39, 0.29) is 37.3 Å². The predicted octanol–water partition coefficient (Wildman–Crippen LogP) is 6.95.